The van der Waals surface area contributed by atoms with Gasteiger partial charge >= 0.3 is 0 Å². The molecule has 0 saturated carbocycles. The Morgan fingerprint density at radius 2 is 1.67 bits per heavy atom. The van der Waals surface area contributed by atoms with Crippen molar-refractivity contribution in [2.45, 2.75) is 13.7 Å². The van der Waals surface area contributed by atoms with Crippen LogP contribution in [0.15, 0.2) is 60.8 Å². The number of carbonyl (C=O) groups excluding carboxylic acids is 2. The lowest BCUT2D eigenvalue weighted by atomic mass is 10.1. The zero-order valence-electron chi connectivity index (χ0n) is 15.0. The SMILES string of the molecule is COc1ccc(OCn2ccc(C(=O)Nc3ccc(C(C)=O)cc3)n2)cc1. The molecule has 0 fully saturated rings. The van der Waals surface area contributed by atoms with Crippen LogP contribution in [0.4, 0.5) is 5.69 Å². The lowest BCUT2D eigenvalue weighted by Gasteiger charge is -2.07. The number of aromatic nitrogens is 2. The number of ether oxygens (including phenoxy) is 2. The Balaban J connectivity index is 1.57. The first-order valence-electron chi connectivity index (χ1n) is 8.28. The van der Waals surface area contributed by atoms with E-state index in [4.69, 9.17) is 9.47 Å². The van der Waals surface area contributed by atoms with Gasteiger partial charge in [0.15, 0.2) is 18.2 Å². The van der Waals surface area contributed by atoms with E-state index in [1.165, 1.54) is 11.6 Å². The zero-order valence-corrected chi connectivity index (χ0v) is 15.0. The molecule has 1 N–H and O–H groups in total. The molecule has 3 aromatic rings. The molecule has 0 saturated heterocycles. The summed E-state index contributed by atoms with van der Waals surface area (Å²) in [5.41, 5.74) is 1.45. The van der Waals surface area contributed by atoms with Crippen LogP contribution < -0.4 is 14.8 Å². The minimum atomic E-state index is -0.339. The highest BCUT2D eigenvalue weighted by Crippen LogP contribution is 2.17. The summed E-state index contributed by atoms with van der Waals surface area (Å²) in [6, 6.07) is 15.5. The molecule has 0 spiro atoms. The number of nitrogens with zero attached hydrogens (tertiary/aromatic N) is 2. The van der Waals surface area contributed by atoms with Gasteiger partial charge in [0.05, 0.1) is 7.11 Å². The Morgan fingerprint density at radius 1 is 1.00 bits per heavy atom. The van der Waals surface area contributed by atoms with Crippen molar-refractivity contribution in [1.82, 2.24) is 9.78 Å². The van der Waals surface area contributed by atoms with E-state index >= 15 is 0 Å². The fourth-order valence-corrected chi connectivity index (χ4v) is 2.35. The Kier molecular flexibility index (Phi) is 5.51. The first-order valence-corrected chi connectivity index (χ1v) is 8.28. The molecule has 138 valence electrons. The fourth-order valence-electron chi connectivity index (χ4n) is 2.35. The van der Waals surface area contributed by atoms with E-state index < -0.39 is 0 Å². The van der Waals surface area contributed by atoms with Gasteiger partial charge in [-0.3, -0.25) is 9.59 Å². The largest absolute Gasteiger partial charge is 0.497 e. The molecule has 0 bridgehead atoms. The Labute approximate surface area is 156 Å². The third-order valence-electron chi connectivity index (χ3n) is 3.85. The monoisotopic (exact) mass is 365 g/mol. The summed E-state index contributed by atoms with van der Waals surface area (Å²) in [4.78, 5) is 23.6. The van der Waals surface area contributed by atoms with E-state index in [-0.39, 0.29) is 24.1 Å². The maximum Gasteiger partial charge on any atom is 0.276 e. The van der Waals surface area contributed by atoms with Crippen molar-refractivity contribution >= 4 is 17.4 Å². The van der Waals surface area contributed by atoms with Crippen molar-refractivity contribution in [3.8, 4) is 11.5 Å². The molecule has 7 heteroatoms. The van der Waals surface area contributed by atoms with Gasteiger partial charge in [-0.2, -0.15) is 5.10 Å². The second kappa shape index (κ2) is 8.18. The minimum absolute atomic E-state index is 0.0246. The van der Waals surface area contributed by atoms with E-state index in [0.29, 0.717) is 17.0 Å². The number of hydrogen-bond acceptors (Lipinski definition) is 5. The van der Waals surface area contributed by atoms with Crippen LogP contribution in [-0.2, 0) is 6.73 Å². The van der Waals surface area contributed by atoms with Crippen molar-refractivity contribution in [3.05, 3.63) is 72.1 Å². The van der Waals surface area contributed by atoms with Crippen molar-refractivity contribution in [2.24, 2.45) is 0 Å². The van der Waals surface area contributed by atoms with E-state index in [1.807, 2.05) is 0 Å². The van der Waals surface area contributed by atoms with E-state index in [0.717, 1.165) is 5.75 Å². The molecule has 1 aromatic heterocycles. The predicted octanol–water partition coefficient (Wildman–Crippen LogP) is 3.38. The predicted molar refractivity (Wildman–Crippen MR) is 100 cm³/mol. The number of hydrogen-bond donors (Lipinski definition) is 1. The average Bonchev–Trinajstić information content (AvgIpc) is 3.16. The van der Waals surface area contributed by atoms with Gasteiger partial charge in [-0.15, -0.1) is 0 Å². The molecule has 0 aliphatic carbocycles. The van der Waals surface area contributed by atoms with Crippen LogP contribution in [0.5, 0.6) is 11.5 Å². The number of ketones is 1. The summed E-state index contributed by atoms with van der Waals surface area (Å²) in [5.74, 6) is 1.05. The lowest BCUT2D eigenvalue weighted by molar-refractivity contribution is 0.101. The van der Waals surface area contributed by atoms with Crippen LogP contribution in [0.3, 0.4) is 0 Å². The molecular formula is C20H19N3O4. The van der Waals surface area contributed by atoms with Gasteiger partial charge in [0, 0.05) is 17.4 Å². The molecule has 3 rings (SSSR count). The Morgan fingerprint density at radius 3 is 2.30 bits per heavy atom. The summed E-state index contributed by atoms with van der Waals surface area (Å²) in [6.45, 7) is 1.67. The highest BCUT2D eigenvalue weighted by molar-refractivity contribution is 6.03. The van der Waals surface area contributed by atoms with Gasteiger partial charge in [-0.1, -0.05) is 0 Å². The smallest absolute Gasteiger partial charge is 0.276 e. The van der Waals surface area contributed by atoms with Gasteiger partial charge in [0.2, 0.25) is 0 Å². The van der Waals surface area contributed by atoms with Crippen LogP contribution >= 0.6 is 0 Å². The molecule has 7 nitrogen and oxygen atoms in total. The summed E-state index contributed by atoms with van der Waals surface area (Å²) < 4.78 is 12.2. The zero-order chi connectivity index (χ0) is 19.2. The molecule has 0 aliphatic heterocycles. The van der Waals surface area contributed by atoms with Crippen LogP contribution in [0.1, 0.15) is 27.8 Å². The molecule has 27 heavy (non-hydrogen) atoms. The van der Waals surface area contributed by atoms with Crippen molar-refractivity contribution in [3.63, 3.8) is 0 Å². The maximum atomic E-state index is 12.3. The fraction of sp³-hybridized carbons (Fsp3) is 0.150. The van der Waals surface area contributed by atoms with E-state index in [9.17, 15) is 9.59 Å². The molecule has 1 heterocycles. The van der Waals surface area contributed by atoms with Gasteiger partial charge in [0.25, 0.3) is 5.91 Å². The lowest BCUT2D eigenvalue weighted by Crippen LogP contribution is -2.14. The minimum Gasteiger partial charge on any atom is -0.497 e. The quantitative estimate of drug-likeness (QED) is 0.649. The highest BCUT2D eigenvalue weighted by atomic mass is 16.5. The molecule has 2 aromatic carbocycles. The number of amides is 1. The number of carbonyl (C=O) groups is 2. The van der Waals surface area contributed by atoms with Gasteiger partial charge < -0.3 is 14.8 Å². The van der Waals surface area contributed by atoms with E-state index in [1.54, 1.807) is 67.9 Å². The standard InChI is InChI=1S/C20H19N3O4/c1-14(24)15-3-5-16(6-4-15)21-20(25)19-11-12-23(22-19)13-27-18-9-7-17(26-2)8-10-18/h3-12H,13H2,1-2H3,(H,21,25). The molecule has 0 unspecified atom stereocenters. The third kappa shape index (κ3) is 4.72. The second-order valence-electron chi connectivity index (χ2n) is 5.78. The number of Topliss-reactive ketones (excluding diaryl/α,β-unsaturated/α-hetero) is 1. The Hall–Kier alpha value is -3.61. The third-order valence-corrected chi connectivity index (χ3v) is 3.85. The summed E-state index contributed by atoms with van der Waals surface area (Å²) in [7, 11) is 1.60. The normalized spacial score (nSPS) is 10.3. The average molecular weight is 365 g/mol. The number of rotatable bonds is 7. The van der Waals surface area contributed by atoms with Gasteiger partial charge in [-0.05, 0) is 61.5 Å². The van der Waals surface area contributed by atoms with Gasteiger partial charge in [-0.25, -0.2) is 4.68 Å². The first kappa shape index (κ1) is 18.2. The second-order valence-corrected chi connectivity index (χ2v) is 5.78. The van der Waals surface area contributed by atoms with Crippen LogP contribution in [0.2, 0.25) is 0 Å². The molecule has 0 aliphatic rings. The van der Waals surface area contributed by atoms with Crippen molar-refractivity contribution in [2.75, 3.05) is 12.4 Å². The first-order chi connectivity index (χ1) is 13.0. The Bertz CT molecular complexity index is 931. The number of anilines is 1. The summed E-state index contributed by atoms with van der Waals surface area (Å²) >= 11 is 0. The summed E-state index contributed by atoms with van der Waals surface area (Å²) in [5, 5.41) is 6.95. The van der Waals surface area contributed by atoms with E-state index in [2.05, 4.69) is 10.4 Å². The molecular weight excluding hydrogens is 346 g/mol. The van der Waals surface area contributed by atoms with Crippen molar-refractivity contribution in [1.29, 1.82) is 0 Å². The van der Waals surface area contributed by atoms with Crippen LogP contribution in [-0.4, -0.2) is 28.6 Å². The molecule has 0 radical (unpaired) electrons. The van der Waals surface area contributed by atoms with Gasteiger partial charge in [0.1, 0.15) is 11.5 Å². The maximum absolute atomic E-state index is 12.3. The van der Waals surface area contributed by atoms with Crippen molar-refractivity contribution < 1.29 is 19.1 Å². The van der Waals surface area contributed by atoms with Crippen LogP contribution in [0, 0.1) is 0 Å². The number of nitrogens with one attached hydrogen (secondary N) is 1. The summed E-state index contributed by atoms with van der Waals surface area (Å²) in [6.07, 6.45) is 1.66. The van der Waals surface area contributed by atoms with Crippen LogP contribution in [0.25, 0.3) is 0 Å². The number of methoxy groups -OCH3 is 1. The molecule has 0 atom stereocenters. The number of benzene rings is 2. The highest BCUT2D eigenvalue weighted by Gasteiger charge is 2.10. The topological polar surface area (TPSA) is 82.5 Å². The molecule has 1 amide bonds.